The molecule has 58 heavy (non-hydrogen) atoms. The molecule has 278 valence electrons. The number of hydrogen-bond donors (Lipinski definition) is 0. The van der Waals surface area contributed by atoms with Gasteiger partial charge in [0.15, 0.2) is 0 Å². The lowest BCUT2D eigenvalue weighted by atomic mass is 9.43. The van der Waals surface area contributed by atoms with E-state index in [4.69, 9.17) is 0 Å². The Labute approximate surface area is 344 Å². The van der Waals surface area contributed by atoms with Crippen LogP contribution in [0.3, 0.4) is 0 Å². The quantitative estimate of drug-likeness (QED) is 0.169. The van der Waals surface area contributed by atoms with Crippen molar-refractivity contribution in [3.8, 4) is 33.4 Å². The summed E-state index contributed by atoms with van der Waals surface area (Å²) in [7, 11) is 0. The Balaban J connectivity index is 1.06. The summed E-state index contributed by atoms with van der Waals surface area (Å²) in [6, 6.07) is 66.7. The summed E-state index contributed by atoms with van der Waals surface area (Å²) >= 11 is 1.92. The van der Waals surface area contributed by atoms with Gasteiger partial charge in [0.1, 0.15) is 0 Å². The standard InChI is InChI=1S/C56H43NS/c1-3-12-37(13-4-1)44-19-11-21-52(57(42-15-5-2-6-16-42)43-24-27-48-49-26-22-38-14-7-8-17-45(38)55(49)58-53(48)34-43)54(44)39-23-25-47-46-18-9-10-20-50(46)56(51(47)33-39)40-29-35-28-36(31-40)32-41(56)30-35/h1-27,33-36,40-41H,28-32H2. The Bertz CT molecular complexity index is 3060. The first-order valence-corrected chi connectivity index (χ1v) is 22.2. The first-order chi connectivity index (χ1) is 28.7. The lowest BCUT2D eigenvalue weighted by Crippen LogP contribution is -2.55. The molecule has 4 bridgehead atoms. The number of nitrogens with zero attached hydrogens (tertiary/aromatic N) is 1. The zero-order chi connectivity index (χ0) is 38.0. The highest BCUT2D eigenvalue weighted by Gasteiger charge is 2.61. The number of hydrogen-bond acceptors (Lipinski definition) is 2. The minimum Gasteiger partial charge on any atom is -0.310 e. The SMILES string of the molecule is c1ccc(-c2cccc(N(c3ccccc3)c3ccc4c(c3)sc3c5ccccc5ccc43)c2-c2ccc3c(c2)C2(c4ccccc4-3)C3CC4CC(C3)CC2C4)cc1. The number of thiophene rings is 1. The van der Waals surface area contributed by atoms with Crippen LogP contribution in [0.1, 0.15) is 43.2 Å². The van der Waals surface area contributed by atoms with E-state index in [1.807, 2.05) is 11.3 Å². The maximum Gasteiger partial charge on any atom is 0.0546 e. The molecule has 0 amide bonds. The van der Waals surface area contributed by atoms with Gasteiger partial charge in [-0.05, 0) is 142 Å². The van der Waals surface area contributed by atoms with Gasteiger partial charge in [-0.25, -0.2) is 0 Å². The van der Waals surface area contributed by atoms with E-state index in [0.717, 1.165) is 29.4 Å². The normalized spacial score (nSPS) is 22.6. The van der Waals surface area contributed by atoms with Gasteiger partial charge in [-0.15, -0.1) is 11.3 Å². The highest BCUT2D eigenvalue weighted by molar-refractivity contribution is 7.26. The average molecular weight is 762 g/mol. The molecule has 1 spiro atoms. The predicted octanol–water partition coefficient (Wildman–Crippen LogP) is 15.7. The molecular weight excluding hydrogens is 719 g/mol. The van der Waals surface area contributed by atoms with Crippen molar-refractivity contribution in [1.29, 1.82) is 0 Å². The molecule has 9 aromatic rings. The topological polar surface area (TPSA) is 3.24 Å². The molecule has 4 fully saturated rings. The predicted molar refractivity (Wildman–Crippen MR) is 246 cm³/mol. The van der Waals surface area contributed by atoms with Crippen molar-refractivity contribution in [3.63, 3.8) is 0 Å². The first kappa shape index (κ1) is 33.1. The minimum atomic E-state index is 0.104. The van der Waals surface area contributed by atoms with Crippen molar-refractivity contribution in [2.24, 2.45) is 23.7 Å². The Morgan fingerprint density at radius 3 is 1.97 bits per heavy atom. The van der Waals surface area contributed by atoms with Crippen LogP contribution < -0.4 is 4.90 Å². The number of anilines is 3. The summed E-state index contributed by atoms with van der Waals surface area (Å²) in [6.07, 6.45) is 7.00. The molecule has 0 radical (unpaired) electrons. The van der Waals surface area contributed by atoms with E-state index in [-0.39, 0.29) is 5.41 Å². The maximum absolute atomic E-state index is 2.67. The Morgan fingerprint density at radius 1 is 0.448 bits per heavy atom. The van der Waals surface area contributed by atoms with Crippen LogP contribution in [-0.2, 0) is 5.41 Å². The molecule has 4 saturated carbocycles. The summed E-state index contributed by atoms with van der Waals surface area (Å²) < 4.78 is 2.67. The van der Waals surface area contributed by atoms with Crippen molar-refractivity contribution < 1.29 is 0 Å². The average Bonchev–Trinajstić information content (AvgIpc) is 3.79. The van der Waals surface area contributed by atoms with Crippen LogP contribution in [-0.4, -0.2) is 0 Å². The van der Waals surface area contributed by atoms with Gasteiger partial charge in [0.25, 0.3) is 0 Å². The number of rotatable bonds is 5. The molecule has 1 heterocycles. The molecule has 2 heteroatoms. The summed E-state index contributed by atoms with van der Waals surface area (Å²) in [5.41, 5.74) is 14.9. The molecular formula is C56H43NS. The van der Waals surface area contributed by atoms with Gasteiger partial charge in [0.2, 0.25) is 0 Å². The first-order valence-electron chi connectivity index (χ1n) is 21.3. The van der Waals surface area contributed by atoms with Crippen LogP contribution in [0.15, 0.2) is 176 Å². The van der Waals surface area contributed by atoms with E-state index in [0.29, 0.717) is 0 Å². The molecule has 14 rings (SSSR count). The zero-order valence-corrected chi connectivity index (χ0v) is 33.3. The largest absolute Gasteiger partial charge is 0.310 e. The summed E-state index contributed by atoms with van der Waals surface area (Å²) in [6.45, 7) is 0. The number of benzene rings is 8. The minimum absolute atomic E-state index is 0.104. The fourth-order valence-corrected chi connectivity index (χ4v) is 14.1. The lowest BCUT2D eigenvalue weighted by molar-refractivity contribution is -0.0399. The van der Waals surface area contributed by atoms with Crippen LogP contribution in [0.4, 0.5) is 17.1 Å². The van der Waals surface area contributed by atoms with Gasteiger partial charge >= 0.3 is 0 Å². The number of para-hydroxylation sites is 1. The summed E-state index contributed by atoms with van der Waals surface area (Å²) in [4.78, 5) is 2.52. The second-order valence-electron chi connectivity index (χ2n) is 17.7. The number of fused-ring (bicyclic) bond motifs is 8. The van der Waals surface area contributed by atoms with Gasteiger partial charge in [-0.3, -0.25) is 0 Å². The molecule has 0 N–H and O–H groups in total. The smallest absolute Gasteiger partial charge is 0.0546 e. The van der Waals surface area contributed by atoms with Crippen molar-refractivity contribution >= 4 is 59.3 Å². The van der Waals surface area contributed by atoms with Crippen molar-refractivity contribution in [2.75, 3.05) is 4.90 Å². The Kier molecular flexibility index (Phi) is 7.13. The van der Waals surface area contributed by atoms with E-state index >= 15 is 0 Å². The van der Waals surface area contributed by atoms with Gasteiger partial charge in [-0.1, -0.05) is 140 Å². The molecule has 1 nitrogen and oxygen atoms in total. The Morgan fingerprint density at radius 2 is 1.14 bits per heavy atom. The maximum atomic E-state index is 2.67. The van der Waals surface area contributed by atoms with Gasteiger partial charge in [0, 0.05) is 42.5 Å². The third-order valence-corrected chi connectivity index (χ3v) is 16.0. The fourth-order valence-electron chi connectivity index (χ4n) is 12.8. The molecule has 0 saturated heterocycles. The fraction of sp³-hybridized carbons (Fsp3) is 0.179. The highest BCUT2D eigenvalue weighted by Crippen LogP contribution is 2.69. The van der Waals surface area contributed by atoms with Crippen LogP contribution in [0, 0.1) is 23.7 Å². The summed E-state index contributed by atoms with van der Waals surface area (Å²) in [5, 5.41) is 5.28. The summed E-state index contributed by atoms with van der Waals surface area (Å²) in [5.74, 6) is 3.26. The van der Waals surface area contributed by atoms with Crippen LogP contribution in [0.2, 0.25) is 0 Å². The molecule has 0 unspecified atom stereocenters. The van der Waals surface area contributed by atoms with E-state index in [1.54, 1.807) is 11.1 Å². The third-order valence-electron chi connectivity index (χ3n) is 14.8. The van der Waals surface area contributed by atoms with Gasteiger partial charge in [0.05, 0.1) is 5.69 Å². The van der Waals surface area contributed by atoms with Gasteiger partial charge < -0.3 is 4.90 Å². The van der Waals surface area contributed by atoms with E-state index in [1.165, 1.54) is 108 Å². The molecule has 8 aromatic carbocycles. The van der Waals surface area contributed by atoms with Gasteiger partial charge in [-0.2, -0.15) is 0 Å². The van der Waals surface area contributed by atoms with E-state index in [2.05, 4.69) is 181 Å². The molecule has 0 atom stereocenters. The molecule has 1 aromatic heterocycles. The van der Waals surface area contributed by atoms with Crippen molar-refractivity contribution in [2.45, 2.75) is 37.5 Å². The second kappa shape index (κ2) is 12.5. The molecule has 0 aliphatic heterocycles. The monoisotopic (exact) mass is 761 g/mol. The van der Waals surface area contributed by atoms with Crippen LogP contribution in [0.5, 0.6) is 0 Å². The zero-order valence-electron chi connectivity index (χ0n) is 32.4. The molecule has 5 aliphatic rings. The van der Waals surface area contributed by atoms with Crippen molar-refractivity contribution in [1.82, 2.24) is 0 Å². The Hall–Kier alpha value is -5.96. The third kappa shape index (κ3) is 4.64. The van der Waals surface area contributed by atoms with Crippen molar-refractivity contribution in [3.05, 3.63) is 187 Å². The highest BCUT2D eigenvalue weighted by atomic mass is 32.1. The van der Waals surface area contributed by atoms with Crippen LogP contribution in [0.25, 0.3) is 64.3 Å². The molecule has 5 aliphatic carbocycles. The van der Waals surface area contributed by atoms with E-state index in [9.17, 15) is 0 Å². The van der Waals surface area contributed by atoms with E-state index < -0.39 is 0 Å². The lowest BCUT2D eigenvalue weighted by Gasteiger charge is -2.61. The second-order valence-corrected chi connectivity index (χ2v) is 18.7. The van der Waals surface area contributed by atoms with Crippen LogP contribution >= 0.6 is 11.3 Å².